The third kappa shape index (κ3) is 1.21. The summed E-state index contributed by atoms with van der Waals surface area (Å²) in [5.74, 6) is 0. The first-order valence-corrected chi connectivity index (χ1v) is 3.72. The fourth-order valence-electron chi connectivity index (χ4n) is 1.12. The third-order valence-corrected chi connectivity index (χ3v) is 2.01. The second-order valence-electron chi connectivity index (χ2n) is 2.61. The zero-order chi connectivity index (χ0) is 7.56. The molecule has 0 heteroatoms. The second-order valence-corrected chi connectivity index (χ2v) is 2.61. The van der Waals surface area contributed by atoms with Gasteiger partial charge in [0.1, 0.15) is 0 Å². The van der Waals surface area contributed by atoms with Gasteiger partial charge in [-0.2, -0.15) is 0 Å². The van der Waals surface area contributed by atoms with Crippen molar-refractivity contribution in [2.24, 2.45) is 0 Å². The number of hydrogen-bond acceptors (Lipinski definition) is 0. The van der Waals surface area contributed by atoms with Crippen molar-refractivity contribution in [3.63, 3.8) is 0 Å². The summed E-state index contributed by atoms with van der Waals surface area (Å²) in [6.45, 7) is 6.45. The highest BCUT2D eigenvalue weighted by atomic mass is 14.0. The maximum absolute atomic E-state index is 3.17. The smallest absolute Gasteiger partial charge is 0.0149 e. The van der Waals surface area contributed by atoms with Crippen LogP contribution in [-0.4, -0.2) is 0 Å². The fourth-order valence-corrected chi connectivity index (χ4v) is 1.12. The maximum Gasteiger partial charge on any atom is -0.0149 e. The fraction of sp³-hybridized carbons (Fsp3) is 0.400. The first-order chi connectivity index (χ1) is 4.75. The average molecular weight is 133 g/mol. The predicted molar refractivity (Wildman–Crippen MR) is 44.1 cm³/mol. The van der Waals surface area contributed by atoms with Crippen LogP contribution in [-0.2, 0) is 6.42 Å². The molecule has 10 heavy (non-hydrogen) atoms. The molecule has 0 bridgehead atoms. The van der Waals surface area contributed by atoms with Crippen LogP contribution in [0.15, 0.2) is 12.1 Å². The minimum absolute atomic E-state index is 1.13. The van der Waals surface area contributed by atoms with Gasteiger partial charge in [0.2, 0.25) is 0 Å². The van der Waals surface area contributed by atoms with Crippen LogP contribution in [0.5, 0.6) is 0 Å². The van der Waals surface area contributed by atoms with Crippen molar-refractivity contribution in [3.05, 3.63) is 34.9 Å². The normalized spacial score (nSPS) is 9.90. The molecule has 0 aromatic heterocycles. The number of rotatable bonds is 1. The molecule has 1 radical (unpaired) electrons. The topological polar surface area (TPSA) is 0 Å². The van der Waals surface area contributed by atoms with Gasteiger partial charge >= 0.3 is 0 Å². The van der Waals surface area contributed by atoms with Gasteiger partial charge in [0.25, 0.3) is 0 Å². The van der Waals surface area contributed by atoms with Gasteiger partial charge < -0.3 is 0 Å². The molecule has 0 heterocycles. The summed E-state index contributed by atoms with van der Waals surface area (Å²) < 4.78 is 0. The first-order valence-electron chi connectivity index (χ1n) is 3.72. The van der Waals surface area contributed by atoms with Gasteiger partial charge in [0, 0.05) is 0 Å². The van der Waals surface area contributed by atoms with Crippen LogP contribution in [0.4, 0.5) is 0 Å². The van der Waals surface area contributed by atoms with E-state index >= 15 is 0 Å². The summed E-state index contributed by atoms with van der Waals surface area (Å²) in [7, 11) is 0. The molecule has 0 spiro atoms. The SMILES string of the molecule is CCc1cc[c]c(C)c1C. The van der Waals surface area contributed by atoms with Gasteiger partial charge in [0.05, 0.1) is 0 Å². The maximum atomic E-state index is 3.17. The summed E-state index contributed by atoms with van der Waals surface area (Å²) >= 11 is 0. The van der Waals surface area contributed by atoms with Gasteiger partial charge in [-0.3, -0.25) is 0 Å². The molecule has 1 rings (SSSR count). The lowest BCUT2D eigenvalue weighted by Gasteiger charge is -2.03. The van der Waals surface area contributed by atoms with E-state index in [4.69, 9.17) is 0 Å². The highest BCUT2D eigenvalue weighted by molar-refractivity contribution is 5.31. The summed E-state index contributed by atoms with van der Waals surface area (Å²) in [5, 5.41) is 0. The highest BCUT2D eigenvalue weighted by Crippen LogP contribution is 2.11. The van der Waals surface area contributed by atoms with Crippen molar-refractivity contribution in [2.75, 3.05) is 0 Å². The minimum Gasteiger partial charge on any atom is -0.0613 e. The van der Waals surface area contributed by atoms with Gasteiger partial charge in [-0.05, 0) is 43.0 Å². The van der Waals surface area contributed by atoms with E-state index in [9.17, 15) is 0 Å². The Kier molecular flexibility index (Phi) is 2.10. The number of benzene rings is 1. The summed E-state index contributed by atoms with van der Waals surface area (Å²) in [6, 6.07) is 7.32. The first kappa shape index (κ1) is 7.33. The molecule has 0 saturated carbocycles. The Bertz CT molecular complexity index is 223. The quantitative estimate of drug-likeness (QED) is 0.552. The van der Waals surface area contributed by atoms with Crippen molar-refractivity contribution in [1.82, 2.24) is 0 Å². The molecule has 0 N–H and O–H groups in total. The molecule has 1 aromatic carbocycles. The Balaban J connectivity index is 3.14. The van der Waals surface area contributed by atoms with Crippen molar-refractivity contribution < 1.29 is 0 Å². The third-order valence-electron chi connectivity index (χ3n) is 2.01. The molecule has 0 amide bonds. The van der Waals surface area contributed by atoms with Crippen LogP contribution in [0.2, 0.25) is 0 Å². The highest BCUT2D eigenvalue weighted by Gasteiger charge is 1.96. The Morgan fingerprint density at radius 2 is 2.10 bits per heavy atom. The summed E-state index contributed by atoms with van der Waals surface area (Å²) in [4.78, 5) is 0. The predicted octanol–water partition coefficient (Wildman–Crippen LogP) is 2.67. The second kappa shape index (κ2) is 2.87. The Morgan fingerprint density at radius 3 is 2.60 bits per heavy atom. The van der Waals surface area contributed by atoms with Crippen molar-refractivity contribution in [2.45, 2.75) is 27.2 Å². The van der Waals surface area contributed by atoms with Crippen molar-refractivity contribution >= 4 is 0 Å². The Morgan fingerprint density at radius 1 is 1.40 bits per heavy atom. The van der Waals surface area contributed by atoms with Crippen molar-refractivity contribution in [3.8, 4) is 0 Å². The molecule has 0 fully saturated rings. The van der Waals surface area contributed by atoms with Crippen molar-refractivity contribution in [1.29, 1.82) is 0 Å². The minimum atomic E-state index is 1.13. The summed E-state index contributed by atoms with van der Waals surface area (Å²) in [5.41, 5.74) is 4.11. The van der Waals surface area contributed by atoms with E-state index < -0.39 is 0 Å². The van der Waals surface area contributed by atoms with Gasteiger partial charge in [0.15, 0.2) is 0 Å². The lowest BCUT2D eigenvalue weighted by Crippen LogP contribution is -1.88. The van der Waals surface area contributed by atoms with Crippen LogP contribution < -0.4 is 0 Å². The van der Waals surface area contributed by atoms with Crippen LogP contribution in [0.25, 0.3) is 0 Å². The Labute approximate surface area is 62.9 Å². The largest absolute Gasteiger partial charge is 0.0613 e. The molecule has 0 aliphatic carbocycles. The zero-order valence-electron chi connectivity index (χ0n) is 6.86. The molecule has 0 nitrogen and oxygen atoms in total. The molecule has 0 unspecified atom stereocenters. The molecule has 0 saturated heterocycles. The van der Waals surface area contributed by atoms with E-state index in [-0.39, 0.29) is 0 Å². The molecule has 53 valence electrons. The van der Waals surface area contributed by atoms with E-state index in [1.807, 2.05) is 6.07 Å². The summed E-state index contributed by atoms with van der Waals surface area (Å²) in [6.07, 6.45) is 1.13. The molecule has 1 aromatic rings. The lowest BCUT2D eigenvalue weighted by atomic mass is 10.0. The van der Waals surface area contributed by atoms with Gasteiger partial charge in [-0.1, -0.05) is 19.1 Å². The standard InChI is InChI=1S/C10H13/c1-4-10-7-5-6-8(2)9(10)3/h5,7H,4H2,1-3H3. The van der Waals surface area contributed by atoms with Crippen LogP contribution in [0.1, 0.15) is 23.6 Å². The molecular formula is C10H13. The van der Waals surface area contributed by atoms with Crippen LogP contribution >= 0.6 is 0 Å². The van der Waals surface area contributed by atoms with E-state index in [1.165, 1.54) is 16.7 Å². The molecular weight excluding hydrogens is 120 g/mol. The number of aryl methyl sites for hydroxylation is 2. The zero-order valence-corrected chi connectivity index (χ0v) is 6.86. The lowest BCUT2D eigenvalue weighted by molar-refractivity contribution is 1.09. The monoisotopic (exact) mass is 133 g/mol. The molecule has 0 atom stereocenters. The van der Waals surface area contributed by atoms with Crippen LogP contribution in [0, 0.1) is 19.9 Å². The molecule has 0 aliphatic rings. The van der Waals surface area contributed by atoms with Crippen LogP contribution in [0.3, 0.4) is 0 Å². The van der Waals surface area contributed by atoms with Gasteiger partial charge in [-0.15, -0.1) is 0 Å². The average Bonchev–Trinajstić information content (AvgIpc) is 1.95. The van der Waals surface area contributed by atoms with E-state index in [2.05, 4.69) is 32.9 Å². The van der Waals surface area contributed by atoms with E-state index in [0.29, 0.717) is 0 Å². The Hall–Kier alpha value is -0.780. The number of hydrogen-bond donors (Lipinski definition) is 0. The van der Waals surface area contributed by atoms with Gasteiger partial charge in [-0.25, -0.2) is 0 Å². The van der Waals surface area contributed by atoms with E-state index in [0.717, 1.165) is 6.42 Å². The molecule has 0 aliphatic heterocycles. The van der Waals surface area contributed by atoms with E-state index in [1.54, 1.807) is 0 Å².